The number of hydrogen-bond donors (Lipinski definition) is 2. The van der Waals surface area contributed by atoms with E-state index in [1.165, 1.54) is 14.2 Å². The third-order valence-corrected chi connectivity index (χ3v) is 5.40. The number of hydrogen-bond acceptors (Lipinski definition) is 6. The van der Waals surface area contributed by atoms with Crippen LogP contribution in [0.5, 0.6) is 17.2 Å². The number of amides is 1. The van der Waals surface area contributed by atoms with Gasteiger partial charge in [0.15, 0.2) is 11.5 Å². The molecule has 4 rings (SSSR count). The third kappa shape index (κ3) is 4.82. The van der Waals surface area contributed by atoms with Crippen molar-refractivity contribution in [1.29, 1.82) is 0 Å². The summed E-state index contributed by atoms with van der Waals surface area (Å²) in [7, 11) is 3.05. The van der Waals surface area contributed by atoms with Crippen molar-refractivity contribution in [3.05, 3.63) is 78.1 Å². The second-order valence-corrected chi connectivity index (χ2v) is 7.70. The number of carbonyl (C=O) groups excluding carboxylic acids is 1. The van der Waals surface area contributed by atoms with Crippen LogP contribution in [0.3, 0.4) is 0 Å². The number of para-hydroxylation sites is 2. The van der Waals surface area contributed by atoms with E-state index in [1.54, 1.807) is 30.3 Å². The van der Waals surface area contributed by atoms with E-state index < -0.39 is 6.10 Å². The van der Waals surface area contributed by atoms with Crippen LogP contribution in [0.25, 0.3) is 16.7 Å². The number of ether oxygens (including phenoxy) is 3. The Kier molecular flexibility index (Phi) is 6.98. The molecule has 2 N–H and O–H groups in total. The first-order chi connectivity index (χ1) is 16.5. The normalized spacial score (nSPS) is 11.8. The van der Waals surface area contributed by atoms with E-state index in [4.69, 9.17) is 14.2 Å². The fourth-order valence-corrected chi connectivity index (χ4v) is 3.76. The molecule has 0 spiro atoms. The fourth-order valence-electron chi connectivity index (χ4n) is 3.76. The minimum absolute atomic E-state index is 0.0197. The molecule has 0 fully saturated rings. The van der Waals surface area contributed by atoms with Crippen molar-refractivity contribution >= 4 is 16.9 Å². The lowest BCUT2D eigenvalue weighted by Crippen LogP contribution is -2.35. The summed E-state index contributed by atoms with van der Waals surface area (Å²) in [5.74, 6) is 1.91. The molecule has 8 heteroatoms. The Morgan fingerprint density at radius 3 is 2.41 bits per heavy atom. The number of imidazole rings is 1. The lowest BCUT2D eigenvalue weighted by Gasteiger charge is -2.17. The van der Waals surface area contributed by atoms with Gasteiger partial charge in [-0.05, 0) is 49.4 Å². The Hall–Kier alpha value is -4.04. The molecule has 1 atom stereocenters. The highest BCUT2D eigenvalue weighted by Crippen LogP contribution is 2.36. The number of aromatic nitrogens is 2. The van der Waals surface area contributed by atoms with E-state index in [-0.39, 0.29) is 19.1 Å². The van der Waals surface area contributed by atoms with Crippen molar-refractivity contribution in [1.82, 2.24) is 14.9 Å². The average molecular weight is 462 g/mol. The maximum atomic E-state index is 12.7. The van der Waals surface area contributed by atoms with Gasteiger partial charge in [-0.1, -0.05) is 24.3 Å². The monoisotopic (exact) mass is 461 g/mol. The summed E-state index contributed by atoms with van der Waals surface area (Å²) in [6.07, 6.45) is -0.929. The summed E-state index contributed by atoms with van der Waals surface area (Å²) in [5.41, 5.74) is 3.11. The van der Waals surface area contributed by atoms with Crippen LogP contribution in [-0.4, -0.2) is 54.0 Å². The molecule has 0 bridgehead atoms. The Balaban J connectivity index is 1.40. The Morgan fingerprint density at radius 2 is 1.74 bits per heavy atom. The number of rotatable bonds is 9. The maximum absolute atomic E-state index is 12.7. The van der Waals surface area contributed by atoms with Crippen molar-refractivity contribution in [3.63, 3.8) is 0 Å². The minimum atomic E-state index is -0.929. The van der Waals surface area contributed by atoms with E-state index in [1.807, 2.05) is 47.9 Å². The zero-order valence-electron chi connectivity index (χ0n) is 19.3. The van der Waals surface area contributed by atoms with Gasteiger partial charge in [0.05, 0.1) is 25.3 Å². The average Bonchev–Trinajstić information content (AvgIpc) is 3.20. The molecule has 34 heavy (non-hydrogen) atoms. The maximum Gasteiger partial charge on any atom is 0.251 e. The van der Waals surface area contributed by atoms with E-state index in [2.05, 4.69) is 10.3 Å². The summed E-state index contributed by atoms with van der Waals surface area (Å²) in [6, 6.07) is 20.6. The first-order valence-corrected chi connectivity index (χ1v) is 10.9. The number of aliphatic hydroxyl groups excluding tert-OH is 1. The first kappa shape index (κ1) is 23.1. The number of nitrogens with one attached hydrogen (secondary N) is 1. The molecule has 0 saturated carbocycles. The zero-order valence-corrected chi connectivity index (χ0v) is 19.3. The quantitative estimate of drug-likeness (QED) is 0.396. The van der Waals surface area contributed by atoms with Crippen LogP contribution in [0.4, 0.5) is 0 Å². The van der Waals surface area contributed by atoms with Crippen LogP contribution in [0.1, 0.15) is 16.2 Å². The van der Waals surface area contributed by atoms with Gasteiger partial charge in [0.2, 0.25) is 5.75 Å². The molecule has 0 aliphatic rings. The Morgan fingerprint density at radius 1 is 1.03 bits per heavy atom. The van der Waals surface area contributed by atoms with Crippen molar-refractivity contribution in [2.24, 2.45) is 0 Å². The number of aliphatic hydroxyl groups is 1. The highest BCUT2D eigenvalue weighted by molar-refractivity contribution is 5.97. The predicted octanol–water partition coefficient (Wildman–Crippen LogP) is 3.52. The van der Waals surface area contributed by atoms with Crippen LogP contribution < -0.4 is 19.5 Å². The van der Waals surface area contributed by atoms with Gasteiger partial charge in [0.1, 0.15) is 18.5 Å². The van der Waals surface area contributed by atoms with E-state index in [0.29, 0.717) is 22.8 Å². The first-order valence-electron chi connectivity index (χ1n) is 10.9. The number of fused-ring (bicyclic) bond motifs is 1. The van der Waals surface area contributed by atoms with Crippen molar-refractivity contribution < 1.29 is 24.1 Å². The molecule has 1 unspecified atom stereocenters. The molecule has 0 radical (unpaired) electrons. The molecule has 176 valence electrons. The van der Waals surface area contributed by atoms with Crippen LogP contribution in [0, 0.1) is 6.92 Å². The third-order valence-electron chi connectivity index (χ3n) is 5.40. The lowest BCUT2D eigenvalue weighted by atomic mass is 10.2. The Labute approximate surface area is 197 Å². The summed E-state index contributed by atoms with van der Waals surface area (Å²) in [4.78, 5) is 17.3. The van der Waals surface area contributed by atoms with Gasteiger partial charge in [-0.25, -0.2) is 4.98 Å². The predicted molar refractivity (Wildman–Crippen MR) is 129 cm³/mol. The zero-order chi connectivity index (χ0) is 24.1. The van der Waals surface area contributed by atoms with Gasteiger partial charge in [-0.3, -0.25) is 9.36 Å². The molecule has 3 aromatic carbocycles. The van der Waals surface area contributed by atoms with E-state index >= 15 is 0 Å². The highest BCUT2D eigenvalue weighted by Gasteiger charge is 2.16. The van der Waals surface area contributed by atoms with E-state index in [0.717, 1.165) is 22.5 Å². The fraction of sp³-hybridized carbons (Fsp3) is 0.231. The molecule has 1 amide bonds. The van der Waals surface area contributed by atoms with Crippen molar-refractivity contribution in [2.45, 2.75) is 13.0 Å². The molecule has 0 aliphatic carbocycles. The van der Waals surface area contributed by atoms with Crippen LogP contribution in [0.15, 0.2) is 66.7 Å². The molecular weight excluding hydrogens is 434 g/mol. The summed E-state index contributed by atoms with van der Waals surface area (Å²) in [5, 5.41) is 13.1. The molecule has 4 aromatic rings. The smallest absolute Gasteiger partial charge is 0.251 e. The van der Waals surface area contributed by atoms with Gasteiger partial charge in [-0.2, -0.15) is 0 Å². The van der Waals surface area contributed by atoms with Crippen LogP contribution >= 0.6 is 0 Å². The largest absolute Gasteiger partial charge is 0.493 e. The lowest BCUT2D eigenvalue weighted by molar-refractivity contribution is 0.0834. The number of nitrogens with zero attached hydrogens (tertiary/aromatic N) is 2. The number of carbonyl (C=O) groups is 1. The highest BCUT2D eigenvalue weighted by atomic mass is 16.5. The van der Waals surface area contributed by atoms with Crippen molar-refractivity contribution in [3.8, 4) is 22.9 Å². The number of benzene rings is 3. The van der Waals surface area contributed by atoms with E-state index in [9.17, 15) is 9.90 Å². The molecular formula is C26H27N3O5. The van der Waals surface area contributed by atoms with Crippen molar-refractivity contribution in [2.75, 3.05) is 27.4 Å². The van der Waals surface area contributed by atoms with Gasteiger partial charge in [0, 0.05) is 17.8 Å². The molecule has 1 heterocycles. The summed E-state index contributed by atoms with van der Waals surface area (Å²) >= 11 is 0. The van der Waals surface area contributed by atoms with Gasteiger partial charge in [0.25, 0.3) is 5.91 Å². The second kappa shape index (κ2) is 10.3. The Bertz CT molecular complexity index is 1260. The van der Waals surface area contributed by atoms with Gasteiger partial charge >= 0.3 is 0 Å². The standard InChI is InChI=1S/C26H27N3O5/c1-17-28-21-14-18(12-13-22(21)29(17)19-8-5-4-6-9-19)26(31)27-15-20(30)16-34-25-23(32-2)10-7-11-24(25)33-3/h4-14,20,30H,15-16H2,1-3H3,(H,27,31). The summed E-state index contributed by atoms with van der Waals surface area (Å²) in [6.45, 7) is 1.91. The second-order valence-electron chi connectivity index (χ2n) is 7.70. The topological polar surface area (TPSA) is 94.8 Å². The number of methoxy groups -OCH3 is 2. The molecule has 1 aromatic heterocycles. The molecule has 8 nitrogen and oxygen atoms in total. The summed E-state index contributed by atoms with van der Waals surface area (Å²) < 4.78 is 18.3. The molecule has 0 saturated heterocycles. The number of aryl methyl sites for hydroxylation is 1. The van der Waals surface area contributed by atoms with Crippen LogP contribution in [-0.2, 0) is 0 Å². The minimum Gasteiger partial charge on any atom is -0.493 e. The van der Waals surface area contributed by atoms with Gasteiger partial charge < -0.3 is 24.6 Å². The van der Waals surface area contributed by atoms with Gasteiger partial charge in [-0.15, -0.1) is 0 Å². The molecule has 0 aliphatic heterocycles. The SMILES string of the molecule is COc1cccc(OC)c1OCC(O)CNC(=O)c1ccc2c(c1)nc(C)n2-c1ccccc1. The van der Waals surface area contributed by atoms with Crippen LogP contribution in [0.2, 0.25) is 0 Å².